The summed E-state index contributed by atoms with van der Waals surface area (Å²) in [4.78, 5) is 61.9. The fraction of sp³-hybridized carbons (Fsp3) is 0.521. The minimum absolute atomic E-state index is 0.00760. The normalized spacial score (nSPS) is 24.6. The first-order chi connectivity index (χ1) is 29.7. The van der Waals surface area contributed by atoms with Gasteiger partial charge in [-0.2, -0.15) is 0 Å². The summed E-state index contributed by atoms with van der Waals surface area (Å²) in [5, 5.41) is 4.89. The van der Waals surface area contributed by atoms with Crippen LogP contribution < -0.4 is 10.1 Å². The van der Waals surface area contributed by atoms with Crippen molar-refractivity contribution in [1.29, 1.82) is 0 Å². The maximum atomic E-state index is 14.4. The predicted molar refractivity (Wildman–Crippen MR) is 232 cm³/mol. The number of H-pyrrole nitrogens is 2. The zero-order valence-electron chi connectivity index (χ0n) is 35.7. The summed E-state index contributed by atoms with van der Waals surface area (Å²) in [5.41, 5.74) is 6.99. The Kier molecular flexibility index (Phi) is 10.5. The van der Waals surface area contributed by atoms with E-state index >= 15 is 0 Å². The molecule has 1 saturated carbocycles. The molecular weight excluding hydrogens is 771 g/mol. The number of imidazole rings is 2. The molecule has 3 N–H and O–H groups in total. The molecule has 3 aromatic carbocycles. The highest BCUT2D eigenvalue weighted by Gasteiger charge is 2.47. The largest absolute Gasteiger partial charge is 0.488 e. The number of carbonyl (C=O) groups excluding carboxylic acids is 3. The number of fused-ring (bicyclic) bond motifs is 7. The molecule has 6 heterocycles. The first-order valence-corrected chi connectivity index (χ1v) is 22.5. The van der Waals surface area contributed by atoms with Crippen molar-refractivity contribution < 1.29 is 28.6 Å². The lowest BCUT2D eigenvalue weighted by Crippen LogP contribution is -2.54. The Hall–Kier alpha value is -5.43. The van der Waals surface area contributed by atoms with E-state index in [0.29, 0.717) is 57.0 Å². The molecule has 0 spiro atoms. The SMILES string of the molecule is CC[C@H](C)CC(=O)N1[C@H](c2ncc(-c3ccc4c(c3)COc3cc5c(ccc6[nH]c([C@@H]7CC[C@H](C)N7C(=O)[C@@H](NC(=O)OC)C7CCOCC7)nc65)cc3-4)[nH]2)C[C@@H]2CCC[C@@H]21. The number of amides is 3. The van der Waals surface area contributed by atoms with Crippen LogP contribution in [-0.2, 0) is 25.7 Å². The molecule has 5 aromatic rings. The third kappa shape index (κ3) is 7.12. The van der Waals surface area contributed by atoms with Crippen LogP contribution in [0.2, 0.25) is 0 Å². The van der Waals surface area contributed by atoms with Crippen LogP contribution in [0.15, 0.2) is 48.7 Å². The fourth-order valence-corrected chi connectivity index (χ4v) is 11.1. The second-order valence-electron chi connectivity index (χ2n) is 18.3. The number of hydrogen-bond donors (Lipinski definition) is 3. The minimum Gasteiger partial charge on any atom is -0.488 e. The molecular formula is C48H57N7O6. The van der Waals surface area contributed by atoms with E-state index in [2.05, 4.69) is 83.4 Å². The van der Waals surface area contributed by atoms with Gasteiger partial charge >= 0.3 is 6.09 Å². The molecule has 13 heteroatoms. The van der Waals surface area contributed by atoms with E-state index < -0.39 is 12.1 Å². The summed E-state index contributed by atoms with van der Waals surface area (Å²) in [5.74, 6) is 3.48. The van der Waals surface area contributed by atoms with Gasteiger partial charge in [-0.15, -0.1) is 0 Å². The number of nitrogens with zero attached hydrogens (tertiary/aromatic N) is 4. The van der Waals surface area contributed by atoms with Gasteiger partial charge in [-0.3, -0.25) is 9.59 Å². The molecule has 4 fully saturated rings. The summed E-state index contributed by atoms with van der Waals surface area (Å²) in [7, 11) is 1.32. The highest BCUT2D eigenvalue weighted by molar-refractivity contribution is 6.07. The van der Waals surface area contributed by atoms with Gasteiger partial charge < -0.3 is 39.3 Å². The number of alkyl carbamates (subject to hydrolysis) is 1. The molecule has 4 aliphatic heterocycles. The highest BCUT2D eigenvalue weighted by atomic mass is 16.5. The molecule has 3 amide bonds. The average molecular weight is 828 g/mol. The quantitative estimate of drug-likeness (QED) is 0.133. The molecule has 13 nitrogen and oxygen atoms in total. The number of methoxy groups -OCH3 is 1. The Morgan fingerprint density at radius 2 is 1.80 bits per heavy atom. The molecule has 61 heavy (non-hydrogen) atoms. The van der Waals surface area contributed by atoms with Crippen LogP contribution in [-0.4, -0.2) is 86.1 Å². The number of aromatic nitrogens is 4. The lowest BCUT2D eigenvalue weighted by molar-refractivity contribution is -0.138. The molecule has 2 aromatic heterocycles. The van der Waals surface area contributed by atoms with E-state index in [0.717, 1.165) is 99.3 Å². The van der Waals surface area contributed by atoms with Crippen molar-refractivity contribution in [3.05, 3.63) is 65.9 Å². The summed E-state index contributed by atoms with van der Waals surface area (Å²) >= 11 is 0. The first kappa shape index (κ1) is 39.7. The van der Waals surface area contributed by atoms with Gasteiger partial charge in [0.2, 0.25) is 11.8 Å². The Bertz CT molecular complexity index is 2490. The summed E-state index contributed by atoms with van der Waals surface area (Å²) in [6, 6.07) is 14.3. The van der Waals surface area contributed by atoms with Gasteiger partial charge in [0.1, 0.15) is 30.0 Å². The molecule has 1 aliphatic carbocycles. The van der Waals surface area contributed by atoms with Crippen molar-refractivity contribution in [2.24, 2.45) is 17.8 Å². The van der Waals surface area contributed by atoms with Crippen molar-refractivity contribution in [3.8, 4) is 28.1 Å². The fourth-order valence-electron chi connectivity index (χ4n) is 11.1. The lowest BCUT2D eigenvalue weighted by Gasteiger charge is -2.36. The van der Waals surface area contributed by atoms with Crippen molar-refractivity contribution in [2.45, 2.75) is 122 Å². The van der Waals surface area contributed by atoms with E-state index in [1.807, 2.05) is 11.1 Å². The van der Waals surface area contributed by atoms with Crippen molar-refractivity contribution >= 4 is 39.7 Å². The number of carbonyl (C=O) groups is 3. The number of rotatable bonds is 9. The number of aromatic amines is 2. The zero-order chi connectivity index (χ0) is 41.9. The van der Waals surface area contributed by atoms with Crippen LogP contribution in [0.25, 0.3) is 44.2 Å². The maximum Gasteiger partial charge on any atom is 0.407 e. The Labute approximate surface area is 356 Å². The molecule has 0 radical (unpaired) electrons. The number of hydrogen-bond acceptors (Lipinski definition) is 8. The highest BCUT2D eigenvalue weighted by Crippen LogP contribution is 2.48. The molecule has 5 aliphatic rings. The van der Waals surface area contributed by atoms with Gasteiger partial charge in [0.25, 0.3) is 0 Å². The molecule has 7 atom stereocenters. The monoisotopic (exact) mass is 827 g/mol. The summed E-state index contributed by atoms with van der Waals surface area (Å²) in [6.07, 6.45) is 10.3. The Morgan fingerprint density at radius 3 is 2.62 bits per heavy atom. The average Bonchev–Trinajstić information content (AvgIpc) is 4.13. The summed E-state index contributed by atoms with van der Waals surface area (Å²) in [6.45, 7) is 7.94. The van der Waals surface area contributed by atoms with E-state index in [-0.39, 0.29) is 35.9 Å². The molecule has 320 valence electrons. The second kappa shape index (κ2) is 16.1. The van der Waals surface area contributed by atoms with Crippen LogP contribution in [0.5, 0.6) is 5.75 Å². The van der Waals surface area contributed by atoms with Crippen molar-refractivity contribution in [1.82, 2.24) is 35.1 Å². The van der Waals surface area contributed by atoms with Gasteiger partial charge in [0.05, 0.1) is 42.1 Å². The van der Waals surface area contributed by atoms with Gasteiger partial charge in [-0.1, -0.05) is 44.9 Å². The topological polar surface area (TPSA) is 155 Å². The first-order valence-electron chi connectivity index (χ1n) is 22.5. The summed E-state index contributed by atoms with van der Waals surface area (Å²) < 4.78 is 17.0. The standard InChI is InChI=1S/C48H57N7O6/c1-5-26(2)19-42(56)55-38-8-6-7-31(38)22-40(55)45-49-24-37(51-45)30-10-12-33-32(20-30)25-61-41-23-34-29(21-35(33)41)11-13-36-44(34)52-46(50-36)39-14-9-27(3)54(39)47(57)43(53-48(58)59-4)28-15-17-60-18-16-28/h10-13,20-21,23-24,26-28,31,38-40,43H,5-9,14-19,22,25H2,1-4H3,(H,49,51)(H,50,52)(H,53,58)/t26-,27-,31-,38-,39-,40-,43-/m0/s1. The van der Waals surface area contributed by atoms with E-state index in [1.54, 1.807) is 0 Å². The number of ether oxygens (including phenoxy) is 3. The number of nitrogens with one attached hydrogen (secondary N) is 3. The van der Waals surface area contributed by atoms with Gasteiger partial charge in [0.15, 0.2) is 0 Å². The van der Waals surface area contributed by atoms with Crippen LogP contribution >= 0.6 is 0 Å². The molecule has 10 rings (SSSR count). The Balaban J connectivity index is 0.910. The smallest absolute Gasteiger partial charge is 0.407 e. The maximum absolute atomic E-state index is 14.4. The third-order valence-electron chi connectivity index (χ3n) is 14.6. The van der Waals surface area contributed by atoms with Crippen LogP contribution in [0, 0.1) is 17.8 Å². The van der Waals surface area contributed by atoms with Crippen LogP contribution in [0.3, 0.4) is 0 Å². The van der Waals surface area contributed by atoms with Crippen molar-refractivity contribution in [2.75, 3.05) is 20.3 Å². The van der Waals surface area contributed by atoms with E-state index in [9.17, 15) is 14.4 Å². The number of benzene rings is 3. The van der Waals surface area contributed by atoms with Crippen LogP contribution in [0.1, 0.15) is 114 Å². The van der Waals surface area contributed by atoms with Gasteiger partial charge in [-0.25, -0.2) is 14.8 Å². The lowest BCUT2D eigenvalue weighted by atomic mass is 9.90. The van der Waals surface area contributed by atoms with Gasteiger partial charge in [-0.05, 0) is 116 Å². The van der Waals surface area contributed by atoms with Crippen LogP contribution in [0.4, 0.5) is 4.79 Å². The Morgan fingerprint density at radius 1 is 0.951 bits per heavy atom. The predicted octanol–water partition coefficient (Wildman–Crippen LogP) is 8.75. The second-order valence-corrected chi connectivity index (χ2v) is 18.3. The molecule has 0 unspecified atom stereocenters. The molecule has 0 bridgehead atoms. The van der Waals surface area contributed by atoms with Crippen molar-refractivity contribution in [3.63, 3.8) is 0 Å². The minimum atomic E-state index is -0.706. The molecule has 3 saturated heterocycles. The van der Waals surface area contributed by atoms with E-state index in [1.165, 1.54) is 20.0 Å². The number of likely N-dealkylation sites (tertiary alicyclic amines) is 2. The van der Waals surface area contributed by atoms with Gasteiger partial charge in [0, 0.05) is 42.7 Å². The zero-order valence-corrected chi connectivity index (χ0v) is 35.7. The third-order valence-corrected chi connectivity index (χ3v) is 14.6. The van der Waals surface area contributed by atoms with E-state index in [4.69, 9.17) is 24.2 Å².